The highest BCUT2D eigenvalue weighted by Gasteiger charge is 2.37. The van der Waals surface area contributed by atoms with E-state index in [9.17, 15) is 4.21 Å². The molecule has 0 aliphatic heterocycles. The second-order valence-corrected chi connectivity index (χ2v) is 8.52. The van der Waals surface area contributed by atoms with Crippen molar-refractivity contribution in [1.82, 2.24) is 5.32 Å². The lowest BCUT2D eigenvalue weighted by molar-refractivity contribution is 0.362. The van der Waals surface area contributed by atoms with Gasteiger partial charge in [0.05, 0.1) is 5.25 Å². The van der Waals surface area contributed by atoms with Gasteiger partial charge in [0.15, 0.2) is 0 Å². The standard InChI is InChI=1S/C18H27NOS/c1-19-17-12-11-15(14-7-3-2-4-8-14)13-18(17)21(20)16-9-5-6-10-16/h2-4,7-8,15-19H,5-6,9-13H2,1H3. The highest BCUT2D eigenvalue weighted by atomic mass is 32.2. The molecule has 0 aromatic heterocycles. The molecule has 0 amide bonds. The van der Waals surface area contributed by atoms with Crippen LogP contribution in [0.25, 0.3) is 0 Å². The molecule has 0 radical (unpaired) electrons. The van der Waals surface area contributed by atoms with E-state index in [0.717, 1.165) is 12.8 Å². The van der Waals surface area contributed by atoms with E-state index in [2.05, 4.69) is 35.6 Å². The fourth-order valence-electron chi connectivity index (χ4n) is 4.11. The predicted molar refractivity (Wildman–Crippen MR) is 90.1 cm³/mol. The molecule has 0 heterocycles. The Balaban J connectivity index is 1.74. The summed E-state index contributed by atoms with van der Waals surface area (Å²) in [5, 5.41) is 4.23. The normalized spacial score (nSPS) is 32.1. The minimum atomic E-state index is -0.669. The molecule has 0 saturated heterocycles. The van der Waals surface area contributed by atoms with Crippen molar-refractivity contribution in [3.8, 4) is 0 Å². The van der Waals surface area contributed by atoms with Crippen LogP contribution in [0.1, 0.15) is 56.4 Å². The maximum Gasteiger partial charge on any atom is 0.0509 e. The molecule has 2 aliphatic rings. The van der Waals surface area contributed by atoms with Crippen LogP contribution in [0.3, 0.4) is 0 Å². The Morgan fingerprint density at radius 2 is 1.76 bits per heavy atom. The zero-order valence-corrected chi connectivity index (χ0v) is 13.8. The molecule has 2 aliphatic carbocycles. The van der Waals surface area contributed by atoms with Gasteiger partial charge in [-0.2, -0.15) is 0 Å². The first-order valence-corrected chi connectivity index (χ1v) is 9.69. The third-order valence-electron chi connectivity index (χ3n) is 5.36. The zero-order valence-electron chi connectivity index (χ0n) is 13.0. The second-order valence-electron chi connectivity index (χ2n) is 6.59. The molecule has 1 aromatic carbocycles. The summed E-state index contributed by atoms with van der Waals surface area (Å²) in [6.07, 6.45) is 8.35. The van der Waals surface area contributed by atoms with Gasteiger partial charge >= 0.3 is 0 Å². The molecule has 3 rings (SSSR count). The SMILES string of the molecule is CNC1CCC(c2ccccc2)CC1S(=O)C1CCCC1. The topological polar surface area (TPSA) is 29.1 Å². The lowest BCUT2D eigenvalue weighted by Gasteiger charge is -2.37. The van der Waals surface area contributed by atoms with Crippen molar-refractivity contribution in [1.29, 1.82) is 0 Å². The van der Waals surface area contributed by atoms with E-state index in [4.69, 9.17) is 0 Å². The first-order valence-electron chi connectivity index (χ1n) is 8.41. The van der Waals surface area contributed by atoms with Crippen LogP contribution in [0.15, 0.2) is 30.3 Å². The molecule has 2 nitrogen and oxygen atoms in total. The number of hydrogen-bond acceptors (Lipinski definition) is 2. The van der Waals surface area contributed by atoms with Crippen LogP contribution < -0.4 is 5.32 Å². The largest absolute Gasteiger partial charge is 0.316 e. The van der Waals surface area contributed by atoms with E-state index in [-0.39, 0.29) is 0 Å². The molecule has 2 saturated carbocycles. The second kappa shape index (κ2) is 7.06. The van der Waals surface area contributed by atoms with Crippen LogP contribution in [0.4, 0.5) is 0 Å². The quantitative estimate of drug-likeness (QED) is 0.921. The zero-order chi connectivity index (χ0) is 14.7. The van der Waals surface area contributed by atoms with Crippen LogP contribution in [-0.2, 0) is 10.8 Å². The molecule has 1 N–H and O–H groups in total. The third-order valence-corrected chi connectivity index (χ3v) is 7.61. The van der Waals surface area contributed by atoms with Gasteiger partial charge in [0.1, 0.15) is 0 Å². The monoisotopic (exact) mass is 305 g/mol. The maximum atomic E-state index is 13.0. The Kier molecular flexibility index (Phi) is 5.12. The Bertz CT molecular complexity index is 469. The van der Waals surface area contributed by atoms with Crippen molar-refractivity contribution >= 4 is 10.8 Å². The molecular formula is C18H27NOS. The van der Waals surface area contributed by atoms with E-state index in [1.54, 1.807) is 0 Å². The minimum Gasteiger partial charge on any atom is -0.316 e. The number of hydrogen-bond donors (Lipinski definition) is 1. The summed E-state index contributed by atoms with van der Waals surface area (Å²) in [6.45, 7) is 0. The smallest absolute Gasteiger partial charge is 0.0509 e. The van der Waals surface area contributed by atoms with Crippen molar-refractivity contribution in [2.24, 2.45) is 0 Å². The molecular weight excluding hydrogens is 278 g/mol. The number of benzene rings is 1. The van der Waals surface area contributed by atoms with Gasteiger partial charge in [0.2, 0.25) is 0 Å². The van der Waals surface area contributed by atoms with Gasteiger partial charge < -0.3 is 5.32 Å². The summed E-state index contributed by atoms with van der Waals surface area (Å²) >= 11 is 0. The maximum absolute atomic E-state index is 13.0. The average molecular weight is 305 g/mol. The van der Waals surface area contributed by atoms with Gasteiger partial charge in [-0.05, 0) is 50.6 Å². The van der Waals surface area contributed by atoms with E-state index in [0.29, 0.717) is 22.5 Å². The Morgan fingerprint density at radius 1 is 1.05 bits per heavy atom. The Labute approximate surface area is 131 Å². The van der Waals surface area contributed by atoms with E-state index in [1.807, 2.05) is 7.05 Å². The summed E-state index contributed by atoms with van der Waals surface area (Å²) in [4.78, 5) is 0. The van der Waals surface area contributed by atoms with Crippen molar-refractivity contribution < 1.29 is 4.21 Å². The van der Waals surface area contributed by atoms with Gasteiger partial charge in [0.25, 0.3) is 0 Å². The molecule has 0 bridgehead atoms. The first kappa shape index (κ1) is 15.2. The summed E-state index contributed by atoms with van der Waals surface area (Å²) in [5.41, 5.74) is 1.43. The van der Waals surface area contributed by atoms with Crippen molar-refractivity contribution in [3.05, 3.63) is 35.9 Å². The highest BCUT2D eigenvalue weighted by Crippen LogP contribution is 2.37. The summed E-state index contributed by atoms with van der Waals surface area (Å²) in [5.74, 6) is 0.589. The van der Waals surface area contributed by atoms with E-state index >= 15 is 0 Å². The predicted octanol–water partition coefficient (Wildman–Crippen LogP) is 3.60. The fourth-order valence-corrected chi connectivity index (χ4v) is 6.42. The molecule has 116 valence electrons. The molecule has 0 spiro atoms. The Hall–Kier alpha value is -0.670. The van der Waals surface area contributed by atoms with E-state index in [1.165, 1.54) is 37.7 Å². The minimum absolute atomic E-state index is 0.331. The molecule has 2 fully saturated rings. The van der Waals surface area contributed by atoms with Crippen LogP contribution >= 0.6 is 0 Å². The number of nitrogens with one attached hydrogen (secondary N) is 1. The van der Waals surface area contributed by atoms with Crippen LogP contribution in [0.5, 0.6) is 0 Å². The molecule has 21 heavy (non-hydrogen) atoms. The van der Waals surface area contributed by atoms with Crippen molar-refractivity contribution in [2.45, 2.75) is 67.4 Å². The lowest BCUT2D eigenvalue weighted by Crippen LogP contribution is -2.46. The summed E-state index contributed by atoms with van der Waals surface area (Å²) in [7, 11) is 1.37. The molecule has 4 unspecified atom stereocenters. The third kappa shape index (κ3) is 3.40. The summed E-state index contributed by atoms with van der Waals surface area (Å²) < 4.78 is 13.0. The Morgan fingerprint density at radius 3 is 2.43 bits per heavy atom. The van der Waals surface area contributed by atoms with Gasteiger partial charge in [-0.15, -0.1) is 0 Å². The summed E-state index contributed by atoms with van der Waals surface area (Å²) in [6, 6.07) is 11.2. The van der Waals surface area contributed by atoms with Crippen molar-refractivity contribution in [3.63, 3.8) is 0 Å². The molecule has 4 atom stereocenters. The highest BCUT2D eigenvalue weighted by molar-refractivity contribution is 7.86. The van der Waals surface area contributed by atoms with Gasteiger partial charge in [-0.25, -0.2) is 0 Å². The fraction of sp³-hybridized carbons (Fsp3) is 0.667. The average Bonchev–Trinajstić information content (AvgIpc) is 3.09. The number of rotatable bonds is 4. The van der Waals surface area contributed by atoms with Gasteiger partial charge in [-0.1, -0.05) is 43.2 Å². The van der Waals surface area contributed by atoms with Gasteiger partial charge in [-0.3, -0.25) is 4.21 Å². The lowest BCUT2D eigenvalue weighted by atomic mass is 9.81. The molecule has 1 aromatic rings. The van der Waals surface area contributed by atoms with Crippen LogP contribution in [-0.4, -0.2) is 27.8 Å². The van der Waals surface area contributed by atoms with Crippen molar-refractivity contribution in [2.75, 3.05) is 7.05 Å². The first-order chi connectivity index (χ1) is 10.3. The van der Waals surface area contributed by atoms with Crippen LogP contribution in [0.2, 0.25) is 0 Å². The van der Waals surface area contributed by atoms with Crippen LogP contribution in [0, 0.1) is 0 Å². The van der Waals surface area contributed by atoms with E-state index < -0.39 is 10.8 Å². The van der Waals surface area contributed by atoms with Gasteiger partial charge in [0, 0.05) is 22.1 Å². The molecule has 3 heteroatoms.